The van der Waals surface area contributed by atoms with Gasteiger partial charge < -0.3 is 14.7 Å². The molecule has 0 spiro atoms. The van der Waals surface area contributed by atoms with Crippen LogP contribution in [0.15, 0.2) is 18.2 Å². The molecule has 5 nitrogen and oxygen atoms in total. The van der Waals surface area contributed by atoms with E-state index in [9.17, 15) is 18.4 Å². The Bertz CT molecular complexity index is 674. The van der Waals surface area contributed by atoms with Gasteiger partial charge in [0.1, 0.15) is 11.9 Å². The molecule has 2 atom stereocenters. The molecule has 1 saturated heterocycles. The third-order valence-electron chi connectivity index (χ3n) is 5.31. The summed E-state index contributed by atoms with van der Waals surface area (Å²) >= 11 is 0. The highest BCUT2D eigenvalue weighted by Crippen LogP contribution is 2.31. The van der Waals surface area contributed by atoms with Crippen LogP contribution >= 0.6 is 0 Å². The molecule has 1 N–H and O–H groups in total. The van der Waals surface area contributed by atoms with E-state index in [2.05, 4.69) is 0 Å². The van der Waals surface area contributed by atoms with Crippen LogP contribution in [0.2, 0.25) is 0 Å². The lowest BCUT2D eigenvalue weighted by Gasteiger charge is -2.36. The second kappa shape index (κ2) is 8.01. The molecule has 1 aliphatic heterocycles. The van der Waals surface area contributed by atoms with Gasteiger partial charge in [-0.3, -0.25) is 9.59 Å². The van der Waals surface area contributed by atoms with Gasteiger partial charge in [-0.05, 0) is 31.4 Å². The summed E-state index contributed by atoms with van der Waals surface area (Å²) in [4.78, 5) is 25.6. The zero-order valence-electron chi connectivity index (χ0n) is 14.5. The van der Waals surface area contributed by atoms with Crippen LogP contribution in [0.1, 0.15) is 38.5 Å². The number of likely N-dealkylation sites (tertiary alicyclic amines) is 1. The van der Waals surface area contributed by atoms with Crippen molar-refractivity contribution in [2.45, 2.75) is 44.6 Å². The first-order chi connectivity index (χ1) is 12.4. The largest absolute Gasteiger partial charge is 0.487 e. The number of carbonyl (C=O) groups excluding carboxylic acids is 1. The number of benzene rings is 1. The molecule has 1 aromatic carbocycles. The van der Waals surface area contributed by atoms with Gasteiger partial charge in [-0.2, -0.15) is 0 Å². The molecule has 2 fully saturated rings. The number of piperidine rings is 1. The smallest absolute Gasteiger partial charge is 0.306 e. The van der Waals surface area contributed by atoms with Crippen LogP contribution in [-0.4, -0.2) is 41.1 Å². The SMILES string of the molecule is O=C(O)C1CCCC(C(=O)N2CCC(Oc3ccc(F)cc3F)CC2)C1. The monoisotopic (exact) mass is 367 g/mol. The fourth-order valence-corrected chi connectivity index (χ4v) is 3.84. The van der Waals surface area contributed by atoms with Gasteiger partial charge in [0.2, 0.25) is 5.91 Å². The van der Waals surface area contributed by atoms with E-state index in [1.54, 1.807) is 4.90 Å². The zero-order chi connectivity index (χ0) is 18.7. The van der Waals surface area contributed by atoms with Crippen LogP contribution in [0.3, 0.4) is 0 Å². The molecular weight excluding hydrogens is 344 g/mol. The fraction of sp³-hybridized carbons (Fsp3) is 0.579. The van der Waals surface area contributed by atoms with Crippen molar-refractivity contribution in [3.63, 3.8) is 0 Å². The Hall–Kier alpha value is -2.18. The maximum atomic E-state index is 13.7. The highest BCUT2D eigenvalue weighted by atomic mass is 19.1. The quantitative estimate of drug-likeness (QED) is 0.887. The summed E-state index contributed by atoms with van der Waals surface area (Å²) in [5.74, 6) is -2.82. The van der Waals surface area contributed by atoms with Gasteiger partial charge in [0.05, 0.1) is 5.92 Å². The summed E-state index contributed by atoms with van der Waals surface area (Å²) in [5, 5.41) is 9.17. The molecule has 1 aliphatic carbocycles. The number of nitrogens with zero attached hydrogens (tertiary/aromatic N) is 1. The second-order valence-electron chi connectivity index (χ2n) is 7.12. The molecule has 142 valence electrons. The summed E-state index contributed by atoms with van der Waals surface area (Å²) < 4.78 is 32.2. The maximum Gasteiger partial charge on any atom is 0.306 e. The van der Waals surface area contributed by atoms with Crippen LogP contribution in [0.25, 0.3) is 0 Å². The lowest BCUT2D eigenvalue weighted by molar-refractivity contribution is -0.146. The number of carboxylic acids is 1. The zero-order valence-corrected chi connectivity index (χ0v) is 14.5. The highest BCUT2D eigenvalue weighted by molar-refractivity contribution is 5.80. The number of carboxylic acid groups (broad SMARTS) is 1. The predicted molar refractivity (Wildman–Crippen MR) is 89.7 cm³/mol. The van der Waals surface area contributed by atoms with Crippen LogP contribution in [-0.2, 0) is 9.59 Å². The van der Waals surface area contributed by atoms with Crippen molar-refractivity contribution in [3.05, 3.63) is 29.8 Å². The van der Waals surface area contributed by atoms with Crippen molar-refractivity contribution in [1.29, 1.82) is 0 Å². The van der Waals surface area contributed by atoms with Crippen LogP contribution in [0, 0.1) is 23.5 Å². The molecule has 7 heteroatoms. The number of amides is 1. The number of hydrogen-bond acceptors (Lipinski definition) is 3. The molecule has 0 radical (unpaired) electrons. The number of halogens is 2. The van der Waals surface area contributed by atoms with E-state index in [-0.39, 0.29) is 23.7 Å². The molecule has 0 bridgehead atoms. The molecule has 1 heterocycles. The molecule has 2 unspecified atom stereocenters. The average molecular weight is 367 g/mol. The topological polar surface area (TPSA) is 66.8 Å². The predicted octanol–water partition coefficient (Wildman–Crippen LogP) is 3.23. The van der Waals surface area contributed by atoms with E-state index in [4.69, 9.17) is 9.84 Å². The van der Waals surface area contributed by atoms with Gasteiger partial charge in [0.25, 0.3) is 0 Å². The molecule has 2 aliphatic rings. The Morgan fingerprint density at radius 2 is 1.77 bits per heavy atom. The van der Waals surface area contributed by atoms with Gasteiger partial charge >= 0.3 is 5.97 Å². The standard InChI is InChI=1S/C19H23F2NO4/c20-14-4-5-17(16(21)11-14)26-15-6-8-22(9-7-15)18(23)12-2-1-3-13(10-12)19(24)25/h4-5,11-13,15H,1-3,6-10H2,(H,24,25). The fourth-order valence-electron chi connectivity index (χ4n) is 3.84. The number of ether oxygens (including phenoxy) is 1. The summed E-state index contributed by atoms with van der Waals surface area (Å²) in [6.45, 7) is 1.00. The Balaban J connectivity index is 1.51. The molecule has 1 amide bonds. The summed E-state index contributed by atoms with van der Waals surface area (Å²) in [7, 11) is 0. The number of rotatable bonds is 4. The number of aliphatic carboxylic acids is 1. The van der Waals surface area contributed by atoms with E-state index in [1.807, 2.05) is 0 Å². The lowest BCUT2D eigenvalue weighted by Crippen LogP contribution is -2.45. The van der Waals surface area contributed by atoms with E-state index in [1.165, 1.54) is 6.07 Å². The Morgan fingerprint density at radius 1 is 1.08 bits per heavy atom. The van der Waals surface area contributed by atoms with E-state index in [0.29, 0.717) is 38.8 Å². The van der Waals surface area contributed by atoms with Crippen molar-refractivity contribution in [2.24, 2.45) is 11.8 Å². The summed E-state index contributed by atoms with van der Waals surface area (Å²) in [6, 6.07) is 3.21. The number of hydrogen-bond donors (Lipinski definition) is 1. The minimum absolute atomic E-state index is 0.0161. The van der Waals surface area contributed by atoms with Gasteiger partial charge in [-0.1, -0.05) is 6.42 Å². The third kappa shape index (κ3) is 4.31. The van der Waals surface area contributed by atoms with Gasteiger partial charge in [0.15, 0.2) is 11.6 Å². The molecule has 1 aromatic rings. The minimum Gasteiger partial charge on any atom is -0.487 e. The van der Waals surface area contributed by atoms with Crippen molar-refractivity contribution in [1.82, 2.24) is 4.90 Å². The molecule has 3 rings (SSSR count). The van der Waals surface area contributed by atoms with Crippen LogP contribution < -0.4 is 4.74 Å². The van der Waals surface area contributed by atoms with Crippen molar-refractivity contribution in [2.75, 3.05) is 13.1 Å². The molecule has 0 aromatic heterocycles. The van der Waals surface area contributed by atoms with Gasteiger partial charge in [-0.15, -0.1) is 0 Å². The maximum absolute atomic E-state index is 13.7. The summed E-state index contributed by atoms with van der Waals surface area (Å²) in [5.41, 5.74) is 0. The Labute approximate surface area is 150 Å². The van der Waals surface area contributed by atoms with Crippen LogP contribution in [0.4, 0.5) is 8.78 Å². The lowest BCUT2D eigenvalue weighted by atomic mass is 9.80. The Morgan fingerprint density at radius 3 is 2.42 bits per heavy atom. The van der Waals surface area contributed by atoms with Crippen LogP contribution in [0.5, 0.6) is 5.75 Å². The third-order valence-corrected chi connectivity index (χ3v) is 5.31. The first-order valence-electron chi connectivity index (χ1n) is 9.07. The average Bonchev–Trinajstić information content (AvgIpc) is 2.64. The van der Waals surface area contributed by atoms with Crippen molar-refractivity contribution < 1.29 is 28.2 Å². The van der Waals surface area contributed by atoms with Crippen molar-refractivity contribution in [3.8, 4) is 5.75 Å². The first kappa shape index (κ1) is 18.6. The minimum atomic E-state index is -0.823. The van der Waals surface area contributed by atoms with Gasteiger partial charge in [0, 0.05) is 37.9 Å². The first-order valence-corrected chi connectivity index (χ1v) is 9.07. The van der Waals surface area contributed by atoms with E-state index in [0.717, 1.165) is 25.0 Å². The van der Waals surface area contributed by atoms with E-state index < -0.39 is 23.5 Å². The second-order valence-corrected chi connectivity index (χ2v) is 7.12. The number of carbonyl (C=O) groups is 2. The van der Waals surface area contributed by atoms with Gasteiger partial charge in [-0.25, -0.2) is 8.78 Å². The summed E-state index contributed by atoms with van der Waals surface area (Å²) in [6.07, 6.45) is 3.45. The highest BCUT2D eigenvalue weighted by Gasteiger charge is 2.34. The normalized spacial score (nSPS) is 24.3. The Kier molecular flexibility index (Phi) is 5.74. The van der Waals surface area contributed by atoms with Crippen molar-refractivity contribution >= 4 is 11.9 Å². The molecule has 26 heavy (non-hydrogen) atoms. The molecule has 1 saturated carbocycles. The molecular formula is C19H23F2NO4. The van der Waals surface area contributed by atoms with E-state index >= 15 is 0 Å².